The molecular formula is C20H14ClF4N5O4. The summed E-state index contributed by atoms with van der Waals surface area (Å²) in [6, 6.07) is 5.32. The number of amides is 2. The Balaban J connectivity index is 1.71. The molecule has 2 heterocycles. The third-order valence-corrected chi connectivity index (χ3v) is 4.85. The van der Waals surface area contributed by atoms with Gasteiger partial charge in [0.25, 0.3) is 5.91 Å². The minimum absolute atomic E-state index is 0.127. The smallest absolute Gasteiger partial charge is 0.422 e. The van der Waals surface area contributed by atoms with Gasteiger partial charge in [-0.2, -0.15) is 13.2 Å². The third-order valence-electron chi connectivity index (χ3n) is 4.56. The molecule has 3 aromatic rings. The van der Waals surface area contributed by atoms with Crippen LogP contribution in [0.15, 0.2) is 36.7 Å². The van der Waals surface area contributed by atoms with E-state index >= 15 is 0 Å². The molecule has 0 bridgehead atoms. The summed E-state index contributed by atoms with van der Waals surface area (Å²) < 4.78 is 61.3. The molecular weight excluding hydrogens is 486 g/mol. The number of hydrogen-bond acceptors (Lipinski definition) is 7. The Morgan fingerprint density at radius 1 is 1.26 bits per heavy atom. The van der Waals surface area contributed by atoms with Crippen LogP contribution in [-0.4, -0.2) is 47.4 Å². The standard InChI is InChI=1S/C20H14ClF4N5O4/c21-11-3-9(1-2-12(11)22)28-17-10-4-14(29-18(31)15-6-33-19(32)30-15)16(34-7-20(23,24)25)5-13(10)26-8-27-17/h1-5,8,15H,6-7H2,(H,29,31)(H,30,32)(H,26,27,28)/t15-/m0/s1. The molecule has 1 aliphatic heterocycles. The van der Waals surface area contributed by atoms with Crippen molar-refractivity contribution < 1.29 is 36.6 Å². The molecule has 1 aromatic heterocycles. The average molecular weight is 500 g/mol. The second-order valence-electron chi connectivity index (χ2n) is 7.03. The number of fused-ring (bicyclic) bond motifs is 1. The zero-order chi connectivity index (χ0) is 24.5. The van der Waals surface area contributed by atoms with Crippen molar-refractivity contribution in [3.8, 4) is 5.75 Å². The first-order valence-electron chi connectivity index (χ1n) is 9.53. The number of aromatic nitrogens is 2. The Hall–Kier alpha value is -3.87. The van der Waals surface area contributed by atoms with Crippen molar-refractivity contribution >= 4 is 51.7 Å². The molecule has 0 saturated carbocycles. The maximum Gasteiger partial charge on any atom is 0.422 e. The van der Waals surface area contributed by atoms with E-state index in [0.29, 0.717) is 11.1 Å². The highest BCUT2D eigenvalue weighted by Gasteiger charge is 2.31. The zero-order valence-corrected chi connectivity index (χ0v) is 17.6. The Kier molecular flexibility index (Phi) is 6.28. The lowest BCUT2D eigenvalue weighted by Gasteiger charge is -2.17. The molecule has 0 unspecified atom stereocenters. The van der Waals surface area contributed by atoms with Gasteiger partial charge in [0.1, 0.15) is 36.4 Å². The van der Waals surface area contributed by atoms with Gasteiger partial charge in [0.15, 0.2) is 6.61 Å². The van der Waals surface area contributed by atoms with Crippen LogP contribution in [-0.2, 0) is 9.53 Å². The number of ether oxygens (including phenoxy) is 2. The number of halogens is 5. The van der Waals surface area contributed by atoms with Gasteiger partial charge >= 0.3 is 12.3 Å². The molecule has 0 aliphatic carbocycles. The molecule has 1 saturated heterocycles. The van der Waals surface area contributed by atoms with Gasteiger partial charge in [0.2, 0.25) is 0 Å². The van der Waals surface area contributed by atoms with Crippen LogP contribution in [0.1, 0.15) is 0 Å². The second-order valence-corrected chi connectivity index (χ2v) is 7.44. The number of benzene rings is 2. The molecule has 4 rings (SSSR count). The summed E-state index contributed by atoms with van der Waals surface area (Å²) >= 11 is 5.80. The van der Waals surface area contributed by atoms with Crippen LogP contribution in [0.25, 0.3) is 10.9 Å². The highest BCUT2D eigenvalue weighted by atomic mass is 35.5. The number of rotatable bonds is 6. The van der Waals surface area contributed by atoms with Crippen molar-refractivity contribution in [3.63, 3.8) is 0 Å². The van der Waals surface area contributed by atoms with E-state index < -0.39 is 36.6 Å². The molecule has 34 heavy (non-hydrogen) atoms. The van der Waals surface area contributed by atoms with E-state index in [1.807, 2.05) is 0 Å². The first-order valence-corrected chi connectivity index (χ1v) is 9.91. The molecule has 1 fully saturated rings. The lowest BCUT2D eigenvalue weighted by molar-refractivity contribution is -0.153. The number of nitrogens with zero attached hydrogens (tertiary/aromatic N) is 2. The van der Waals surface area contributed by atoms with Gasteiger partial charge in [0.05, 0.1) is 16.2 Å². The number of nitrogens with one attached hydrogen (secondary N) is 3. The van der Waals surface area contributed by atoms with Crippen molar-refractivity contribution in [1.29, 1.82) is 0 Å². The van der Waals surface area contributed by atoms with Gasteiger partial charge in [-0.25, -0.2) is 19.2 Å². The number of anilines is 3. The van der Waals surface area contributed by atoms with Gasteiger partial charge in [-0.1, -0.05) is 11.6 Å². The van der Waals surface area contributed by atoms with Crippen LogP contribution in [0.2, 0.25) is 5.02 Å². The van der Waals surface area contributed by atoms with E-state index in [1.54, 1.807) is 0 Å². The second kappa shape index (κ2) is 9.17. The van der Waals surface area contributed by atoms with Crippen LogP contribution in [0.4, 0.5) is 39.5 Å². The Morgan fingerprint density at radius 2 is 2.06 bits per heavy atom. The molecule has 14 heteroatoms. The quantitative estimate of drug-likeness (QED) is 0.436. The van der Waals surface area contributed by atoms with E-state index in [9.17, 15) is 27.2 Å². The first kappa shape index (κ1) is 23.3. The molecule has 9 nitrogen and oxygen atoms in total. The van der Waals surface area contributed by atoms with Gasteiger partial charge in [0, 0.05) is 17.1 Å². The summed E-state index contributed by atoms with van der Waals surface area (Å²) in [5.41, 5.74) is 0.441. The molecule has 2 amide bonds. The van der Waals surface area contributed by atoms with Crippen molar-refractivity contribution in [1.82, 2.24) is 15.3 Å². The van der Waals surface area contributed by atoms with Crippen molar-refractivity contribution in [3.05, 3.63) is 47.5 Å². The van der Waals surface area contributed by atoms with E-state index in [0.717, 1.165) is 12.4 Å². The van der Waals surface area contributed by atoms with Crippen molar-refractivity contribution in [2.45, 2.75) is 12.2 Å². The van der Waals surface area contributed by atoms with Crippen LogP contribution < -0.4 is 20.7 Å². The van der Waals surface area contributed by atoms with Crippen LogP contribution in [0.5, 0.6) is 5.75 Å². The van der Waals surface area contributed by atoms with Gasteiger partial charge in [-0.05, 0) is 24.3 Å². The summed E-state index contributed by atoms with van der Waals surface area (Å²) in [5, 5.41) is 7.77. The SMILES string of the molecule is O=C1N[C@H](C(=O)Nc2cc3c(Nc4ccc(F)c(Cl)c4)ncnc3cc2OCC(F)(F)F)CO1. The van der Waals surface area contributed by atoms with E-state index in [1.165, 1.54) is 24.3 Å². The van der Waals surface area contributed by atoms with E-state index in [2.05, 4.69) is 30.7 Å². The number of alkyl halides is 3. The lowest BCUT2D eigenvalue weighted by Crippen LogP contribution is -2.38. The maximum atomic E-state index is 13.5. The molecule has 0 spiro atoms. The average Bonchev–Trinajstić information content (AvgIpc) is 3.21. The molecule has 0 radical (unpaired) electrons. The Bertz CT molecular complexity index is 1270. The number of hydrogen-bond donors (Lipinski definition) is 3. The summed E-state index contributed by atoms with van der Waals surface area (Å²) in [4.78, 5) is 31.9. The highest BCUT2D eigenvalue weighted by Crippen LogP contribution is 2.35. The summed E-state index contributed by atoms with van der Waals surface area (Å²) in [5.74, 6) is -1.47. The fourth-order valence-corrected chi connectivity index (χ4v) is 3.20. The fraction of sp³-hybridized carbons (Fsp3) is 0.200. The Labute approximate surface area is 193 Å². The number of carbonyl (C=O) groups excluding carboxylic acids is 2. The van der Waals surface area contributed by atoms with E-state index in [4.69, 9.17) is 16.3 Å². The van der Waals surface area contributed by atoms with Crippen LogP contribution >= 0.6 is 11.6 Å². The minimum atomic E-state index is -4.64. The number of alkyl carbamates (subject to hydrolysis) is 1. The summed E-state index contributed by atoms with van der Waals surface area (Å²) in [6.07, 6.45) is -4.28. The van der Waals surface area contributed by atoms with Crippen LogP contribution in [0, 0.1) is 5.82 Å². The normalized spacial score (nSPS) is 15.6. The predicted molar refractivity (Wildman–Crippen MR) is 113 cm³/mol. The predicted octanol–water partition coefficient (Wildman–Crippen LogP) is 4.15. The maximum absolute atomic E-state index is 13.5. The van der Waals surface area contributed by atoms with Gasteiger partial charge < -0.3 is 25.4 Å². The van der Waals surface area contributed by atoms with Crippen molar-refractivity contribution in [2.75, 3.05) is 23.8 Å². The van der Waals surface area contributed by atoms with Crippen molar-refractivity contribution in [2.24, 2.45) is 0 Å². The third kappa shape index (κ3) is 5.36. The summed E-state index contributed by atoms with van der Waals surface area (Å²) in [7, 11) is 0. The lowest BCUT2D eigenvalue weighted by atomic mass is 10.1. The monoisotopic (exact) mass is 499 g/mol. The minimum Gasteiger partial charge on any atom is -0.482 e. The van der Waals surface area contributed by atoms with Crippen LogP contribution in [0.3, 0.4) is 0 Å². The first-order chi connectivity index (χ1) is 16.1. The molecule has 3 N–H and O–H groups in total. The van der Waals surface area contributed by atoms with E-state index in [-0.39, 0.29) is 34.4 Å². The highest BCUT2D eigenvalue weighted by molar-refractivity contribution is 6.31. The van der Waals surface area contributed by atoms with Gasteiger partial charge in [-0.15, -0.1) is 0 Å². The largest absolute Gasteiger partial charge is 0.482 e. The fourth-order valence-electron chi connectivity index (χ4n) is 3.02. The molecule has 1 aliphatic rings. The van der Waals surface area contributed by atoms with Gasteiger partial charge in [-0.3, -0.25) is 4.79 Å². The number of cyclic esters (lactones) is 1. The topological polar surface area (TPSA) is 114 Å². The zero-order valence-electron chi connectivity index (χ0n) is 16.9. The molecule has 1 atom stereocenters. The number of carbonyl (C=O) groups is 2. The molecule has 178 valence electrons. The molecule has 2 aromatic carbocycles. The Morgan fingerprint density at radius 3 is 2.74 bits per heavy atom. The summed E-state index contributed by atoms with van der Waals surface area (Å²) in [6.45, 7) is -1.87.